The fraction of sp³-hybridized carbons (Fsp3) is 0.200. The summed E-state index contributed by atoms with van der Waals surface area (Å²) in [6.07, 6.45) is 3.26. The number of anilines is 1. The largest absolute Gasteiger partial charge is 0.339 e. The molecule has 0 aliphatic carbocycles. The number of pyridine rings is 1. The maximum Gasteiger partial charge on any atom is 0.257 e. The van der Waals surface area contributed by atoms with Crippen LogP contribution < -0.4 is 5.32 Å². The van der Waals surface area contributed by atoms with Crippen molar-refractivity contribution in [3.05, 3.63) is 89.7 Å². The van der Waals surface area contributed by atoms with Gasteiger partial charge in [-0.25, -0.2) is 9.67 Å². The summed E-state index contributed by atoms with van der Waals surface area (Å²) in [5.41, 5.74) is 3.38. The molecule has 1 N–H and O–H groups in total. The normalized spacial score (nSPS) is 10.8. The van der Waals surface area contributed by atoms with Crippen LogP contribution >= 0.6 is 0 Å². The van der Waals surface area contributed by atoms with Gasteiger partial charge in [0.2, 0.25) is 0 Å². The molecule has 2 heterocycles. The second-order valence-corrected chi connectivity index (χ2v) is 7.44. The first kappa shape index (κ1) is 21.2. The van der Waals surface area contributed by atoms with Crippen molar-refractivity contribution in [2.75, 3.05) is 18.4 Å². The third-order valence-electron chi connectivity index (χ3n) is 5.33. The molecule has 7 nitrogen and oxygen atoms in total. The number of hydrogen-bond donors (Lipinski definition) is 1. The zero-order valence-electron chi connectivity index (χ0n) is 18.2. The first-order chi connectivity index (χ1) is 15.6. The van der Waals surface area contributed by atoms with E-state index in [0.717, 1.165) is 16.6 Å². The molecule has 7 heteroatoms. The van der Waals surface area contributed by atoms with Crippen molar-refractivity contribution in [3.63, 3.8) is 0 Å². The molecule has 0 aliphatic heterocycles. The van der Waals surface area contributed by atoms with E-state index >= 15 is 0 Å². The standard InChI is InChI=1S/C25H25N5O2/c1-3-29(4-2)25(32)19-11-8-12-22(14-19)28-24(31)21-13-20-16-27-30(23(20)26-15-21)17-18-9-6-5-7-10-18/h5-16H,3-4,17H2,1-2H3,(H,28,31). The lowest BCUT2D eigenvalue weighted by Crippen LogP contribution is -2.30. The van der Waals surface area contributed by atoms with Gasteiger partial charge in [0.05, 0.1) is 18.3 Å². The monoisotopic (exact) mass is 427 g/mol. The summed E-state index contributed by atoms with van der Waals surface area (Å²) in [6.45, 7) is 5.76. The van der Waals surface area contributed by atoms with E-state index in [1.54, 1.807) is 47.6 Å². The zero-order valence-corrected chi connectivity index (χ0v) is 18.2. The fourth-order valence-corrected chi connectivity index (χ4v) is 3.59. The minimum atomic E-state index is -0.289. The maximum atomic E-state index is 12.8. The maximum absolute atomic E-state index is 12.8. The third kappa shape index (κ3) is 4.51. The topological polar surface area (TPSA) is 80.1 Å². The summed E-state index contributed by atoms with van der Waals surface area (Å²) in [7, 11) is 0. The van der Waals surface area contributed by atoms with Gasteiger partial charge in [-0.2, -0.15) is 5.10 Å². The van der Waals surface area contributed by atoms with Gasteiger partial charge in [-0.3, -0.25) is 9.59 Å². The molecule has 0 fully saturated rings. The highest BCUT2D eigenvalue weighted by atomic mass is 16.2. The molecule has 2 amide bonds. The van der Waals surface area contributed by atoms with Crippen LogP contribution in [0.1, 0.15) is 40.1 Å². The SMILES string of the molecule is CCN(CC)C(=O)c1cccc(NC(=O)c2cnc3c(cnn3Cc3ccccc3)c2)c1. The van der Waals surface area contributed by atoms with Crippen molar-refractivity contribution in [2.45, 2.75) is 20.4 Å². The molecule has 162 valence electrons. The predicted octanol–water partition coefficient (Wildman–Crippen LogP) is 4.21. The van der Waals surface area contributed by atoms with Crippen molar-refractivity contribution >= 4 is 28.5 Å². The number of hydrogen-bond acceptors (Lipinski definition) is 4. The van der Waals surface area contributed by atoms with Gasteiger partial charge in [0, 0.05) is 35.9 Å². The van der Waals surface area contributed by atoms with Crippen LogP contribution in [0.5, 0.6) is 0 Å². The van der Waals surface area contributed by atoms with Crippen LogP contribution in [0.3, 0.4) is 0 Å². The van der Waals surface area contributed by atoms with Gasteiger partial charge in [0.15, 0.2) is 5.65 Å². The van der Waals surface area contributed by atoms with Gasteiger partial charge < -0.3 is 10.2 Å². The number of amides is 2. The minimum Gasteiger partial charge on any atom is -0.339 e. The molecule has 4 aromatic rings. The Morgan fingerprint density at radius 3 is 2.47 bits per heavy atom. The number of nitrogens with zero attached hydrogens (tertiary/aromatic N) is 4. The molecule has 0 bridgehead atoms. The highest BCUT2D eigenvalue weighted by Crippen LogP contribution is 2.17. The highest BCUT2D eigenvalue weighted by molar-refractivity contribution is 6.06. The van der Waals surface area contributed by atoms with Crippen LogP contribution in [-0.4, -0.2) is 44.6 Å². The third-order valence-corrected chi connectivity index (χ3v) is 5.33. The fourth-order valence-electron chi connectivity index (χ4n) is 3.59. The molecule has 2 aromatic carbocycles. The van der Waals surface area contributed by atoms with Crippen LogP contribution in [0.15, 0.2) is 73.1 Å². The number of benzene rings is 2. The van der Waals surface area contributed by atoms with Gasteiger partial charge in [-0.05, 0) is 43.7 Å². The van der Waals surface area contributed by atoms with Crippen LogP contribution in [0, 0.1) is 0 Å². The summed E-state index contributed by atoms with van der Waals surface area (Å²) >= 11 is 0. The van der Waals surface area contributed by atoms with Gasteiger partial charge in [0.25, 0.3) is 11.8 Å². The number of nitrogens with one attached hydrogen (secondary N) is 1. The zero-order chi connectivity index (χ0) is 22.5. The van der Waals surface area contributed by atoms with Crippen molar-refractivity contribution in [2.24, 2.45) is 0 Å². The molecular weight excluding hydrogens is 402 g/mol. The lowest BCUT2D eigenvalue weighted by atomic mass is 10.1. The summed E-state index contributed by atoms with van der Waals surface area (Å²) < 4.78 is 1.81. The smallest absolute Gasteiger partial charge is 0.257 e. The molecule has 0 radical (unpaired) electrons. The number of rotatable bonds is 7. The van der Waals surface area contributed by atoms with Gasteiger partial charge in [-0.1, -0.05) is 36.4 Å². The Balaban J connectivity index is 1.51. The average Bonchev–Trinajstić information content (AvgIpc) is 3.22. The number of carbonyl (C=O) groups is 2. The minimum absolute atomic E-state index is 0.0555. The summed E-state index contributed by atoms with van der Waals surface area (Å²) in [6, 6.07) is 18.8. The Kier molecular flexibility index (Phi) is 6.26. The quantitative estimate of drug-likeness (QED) is 0.479. The Labute approximate surface area is 186 Å². The molecule has 0 saturated heterocycles. The van der Waals surface area contributed by atoms with Gasteiger partial charge >= 0.3 is 0 Å². The predicted molar refractivity (Wildman–Crippen MR) is 125 cm³/mol. The van der Waals surface area contributed by atoms with E-state index in [-0.39, 0.29) is 11.8 Å². The number of fused-ring (bicyclic) bond motifs is 1. The highest BCUT2D eigenvalue weighted by Gasteiger charge is 2.15. The molecule has 32 heavy (non-hydrogen) atoms. The van der Waals surface area contributed by atoms with Gasteiger partial charge in [-0.15, -0.1) is 0 Å². The van der Waals surface area contributed by atoms with E-state index in [2.05, 4.69) is 15.4 Å². The molecular formula is C25H25N5O2. The molecule has 0 saturated carbocycles. The summed E-state index contributed by atoms with van der Waals surface area (Å²) in [5.74, 6) is -0.345. The van der Waals surface area contributed by atoms with Crippen LogP contribution in [0.25, 0.3) is 11.0 Å². The van der Waals surface area contributed by atoms with E-state index in [0.29, 0.717) is 36.4 Å². The number of carbonyl (C=O) groups excluding carboxylic acids is 2. The Hall–Kier alpha value is -4.00. The van der Waals surface area contributed by atoms with Crippen LogP contribution in [0.2, 0.25) is 0 Å². The van der Waals surface area contributed by atoms with Gasteiger partial charge in [0.1, 0.15) is 0 Å². The van der Waals surface area contributed by atoms with Crippen molar-refractivity contribution in [3.8, 4) is 0 Å². The van der Waals surface area contributed by atoms with Crippen LogP contribution in [-0.2, 0) is 6.54 Å². The summed E-state index contributed by atoms with van der Waals surface area (Å²) in [5, 5.41) is 8.07. The molecule has 0 spiro atoms. The first-order valence-corrected chi connectivity index (χ1v) is 10.6. The second kappa shape index (κ2) is 9.43. The Bertz CT molecular complexity index is 1250. The second-order valence-electron chi connectivity index (χ2n) is 7.44. The molecule has 0 atom stereocenters. The molecule has 0 unspecified atom stereocenters. The molecule has 0 aliphatic rings. The van der Waals surface area contributed by atoms with E-state index in [1.807, 2.05) is 48.9 Å². The molecule has 4 rings (SSSR count). The van der Waals surface area contributed by atoms with Crippen molar-refractivity contribution in [1.29, 1.82) is 0 Å². The summed E-state index contributed by atoms with van der Waals surface area (Å²) in [4.78, 5) is 31.6. The van der Waals surface area contributed by atoms with Crippen molar-refractivity contribution in [1.82, 2.24) is 19.7 Å². The number of aromatic nitrogens is 3. The van der Waals surface area contributed by atoms with E-state index < -0.39 is 0 Å². The molecule has 2 aromatic heterocycles. The lowest BCUT2D eigenvalue weighted by molar-refractivity contribution is 0.0772. The Morgan fingerprint density at radius 2 is 1.72 bits per heavy atom. The average molecular weight is 428 g/mol. The lowest BCUT2D eigenvalue weighted by Gasteiger charge is -2.19. The Morgan fingerprint density at radius 1 is 0.938 bits per heavy atom. The van der Waals surface area contributed by atoms with E-state index in [9.17, 15) is 9.59 Å². The van der Waals surface area contributed by atoms with E-state index in [4.69, 9.17) is 0 Å². The van der Waals surface area contributed by atoms with Crippen molar-refractivity contribution < 1.29 is 9.59 Å². The van der Waals surface area contributed by atoms with Crippen LogP contribution in [0.4, 0.5) is 5.69 Å². The first-order valence-electron chi connectivity index (χ1n) is 10.6. The van der Waals surface area contributed by atoms with E-state index in [1.165, 1.54) is 0 Å².